The molecule has 1 unspecified atom stereocenters. The molecule has 0 amide bonds. The second kappa shape index (κ2) is 7.85. The fraction of sp³-hybridized carbons (Fsp3) is 0.350. The largest absolute Gasteiger partial charge is 0.508 e. The molecule has 0 spiro atoms. The average Bonchev–Trinajstić information content (AvgIpc) is 2.65. The van der Waals surface area contributed by atoms with Crippen LogP contribution in [0.25, 0.3) is 0 Å². The highest BCUT2D eigenvalue weighted by molar-refractivity contribution is 5.44. The van der Waals surface area contributed by atoms with Crippen LogP contribution in [0.5, 0.6) is 5.75 Å². The molecule has 26 heavy (non-hydrogen) atoms. The fourth-order valence-electron chi connectivity index (χ4n) is 3.22. The van der Waals surface area contributed by atoms with Gasteiger partial charge >= 0.3 is 0 Å². The van der Waals surface area contributed by atoms with Crippen molar-refractivity contribution in [2.24, 2.45) is 0 Å². The molecule has 0 radical (unpaired) electrons. The van der Waals surface area contributed by atoms with Gasteiger partial charge in [0.2, 0.25) is 0 Å². The predicted octanol–water partition coefficient (Wildman–Crippen LogP) is 1.40. The Balaban J connectivity index is 1.87. The molecular weight excluding hydrogens is 334 g/mol. The lowest BCUT2D eigenvalue weighted by molar-refractivity contribution is -0.181. The molecule has 6 nitrogen and oxygen atoms in total. The number of nitriles is 1. The third-order valence-electron chi connectivity index (χ3n) is 4.70. The molecule has 0 saturated carbocycles. The van der Waals surface area contributed by atoms with E-state index >= 15 is 0 Å². The van der Waals surface area contributed by atoms with Crippen LogP contribution in [0.2, 0.25) is 0 Å². The van der Waals surface area contributed by atoms with Gasteiger partial charge in [0.25, 0.3) is 0 Å². The number of ether oxygens (including phenoxy) is 1. The topological polar surface area (TPSA) is 114 Å². The Bertz CT molecular complexity index is 799. The number of nitrogens with zero attached hydrogens (tertiary/aromatic N) is 1. The molecule has 2 aromatic carbocycles. The lowest BCUT2D eigenvalue weighted by Gasteiger charge is -2.36. The van der Waals surface area contributed by atoms with Crippen molar-refractivity contribution in [3.63, 3.8) is 0 Å². The fourth-order valence-corrected chi connectivity index (χ4v) is 3.22. The zero-order chi connectivity index (χ0) is 18.7. The SMILES string of the molecule is N#Cc1ccc([C@H]2C[C@@H](O)C(O)[C@@H](CO)O2)cc1Cc1ccc(O)cc1. The Morgan fingerprint density at radius 2 is 1.85 bits per heavy atom. The van der Waals surface area contributed by atoms with E-state index < -0.39 is 24.4 Å². The van der Waals surface area contributed by atoms with E-state index in [-0.39, 0.29) is 18.8 Å². The molecule has 0 bridgehead atoms. The van der Waals surface area contributed by atoms with Crippen LogP contribution < -0.4 is 0 Å². The Morgan fingerprint density at radius 1 is 1.12 bits per heavy atom. The summed E-state index contributed by atoms with van der Waals surface area (Å²) >= 11 is 0. The first kappa shape index (κ1) is 18.4. The number of phenols is 1. The van der Waals surface area contributed by atoms with Crippen LogP contribution in [0, 0.1) is 11.3 Å². The van der Waals surface area contributed by atoms with E-state index in [1.807, 2.05) is 6.07 Å². The van der Waals surface area contributed by atoms with Gasteiger partial charge in [-0.15, -0.1) is 0 Å². The molecule has 6 heteroatoms. The van der Waals surface area contributed by atoms with Gasteiger partial charge in [-0.1, -0.05) is 24.3 Å². The van der Waals surface area contributed by atoms with Crippen molar-refractivity contribution >= 4 is 0 Å². The van der Waals surface area contributed by atoms with Gasteiger partial charge in [-0.25, -0.2) is 0 Å². The maximum absolute atomic E-state index is 10.0. The van der Waals surface area contributed by atoms with Crippen LogP contribution in [0.1, 0.15) is 34.8 Å². The Kier molecular flexibility index (Phi) is 5.55. The molecule has 1 aliphatic heterocycles. The van der Waals surface area contributed by atoms with Gasteiger partial charge in [0, 0.05) is 6.42 Å². The van der Waals surface area contributed by atoms with Gasteiger partial charge < -0.3 is 25.2 Å². The van der Waals surface area contributed by atoms with Crippen molar-refractivity contribution in [1.82, 2.24) is 0 Å². The minimum atomic E-state index is -1.12. The van der Waals surface area contributed by atoms with E-state index in [0.29, 0.717) is 12.0 Å². The van der Waals surface area contributed by atoms with Crippen LogP contribution in [0.15, 0.2) is 42.5 Å². The molecule has 0 aromatic heterocycles. The van der Waals surface area contributed by atoms with Gasteiger partial charge in [0.05, 0.1) is 30.4 Å². The standard InChI is InChI=1S/C20H21NO5/c21-10-14-4-3-13(18-9-17(24)20(25)19(11-22)26-18)8-15(14)7-12-1-5-16(23)6-2-12/h1-6,8,17-20,22-25H,7,9,11H2/t17-,18-,19-,20?/m1/s1. The first-order valence-corrected chi connectivity index (χ1v) is 8.45. The number of aromatic hydroxyl groups is 1. The number of hydrogen-bond acceptors (Lipinski definition) is 6. The van der Waals surface area contributed by atoms with E-state index in [2.05, 4.69) is 6.07 Å². The number of aliphatic hydroxyl groups excluding tert-OH is 3. The smallest absolute Gasteiger partial charge is 0.115 e. The summed E-state index contributed by atoms with van der Waals surface area (Å²) < 4.78 is 5.72. The predicted molar refractivity (Wildman–Crippen MR) is 93.4 cm³/mol. The van der Waals surface area contributed by atoms with Crippen LogP contribution >= 0.6 is 0 Å². The van der Waals surface area contributed by atoms with Crippen molar-refractivity contribution in [1.29, 1.82) is 5.26 Å². The van der Waals surface area contributed by atoms with Crippen LogP contribution in [-0.2, 0) is 11.2 Å². The molecule has 4 N–H and O–H groups in total. The lowest BCUT2D eigenvalue weighted by atomic mass is 9.91. The number of rotatable bonds is 4. The molecule has 1 aliphatic rings. The van der Waals surface area contributed by atoms with E-state index in [9.17, 15) is 25.7 Å². The Hall–Kier alpha value is -2.43. The highest BCUT2D eigenvalue weighted by Crippen LogP contribution is 2.33. The lowest BCUT2D eigenvalue weighted by Crippen LogP contribution is -2.47. The first-order chi connectivity index (χ1) is 12.5. The minimum Gasteiger partial charge on any atom is -0.508 e. The zero-order valence-corrected chi connectivity index (χ0v) is 14.1. The van der Waals surface area contributed by atoms with Crippen molar-refractivity contribution in [2.75, 3.05) is 6.61 Å². The number of aliphatic hydroxyl groups is 3. The van der Waals surface area contributed by atoms with E-state index in [4.69, 9.17) is 4.74 Å². The van der Waals surface area contributed by atoms with Gasteiger partial charge in [-0.2, -0.15) is 5.26 Å². The molecule has 4 atom stereocenters. The van der Waals surface area contributed by atoms with E-state index in [1.165, 1.54) is 0 Å². The van der Waals surface area contributed by atoms with Gasteiger partial charge in [-0.3, -0.25) is 0 Å². The second-order valence-corrected chi connectivity index (χ2v) is 6.51. The van der Waals surface area contributed by atoms with E-state index in [0.717, 1.165) is 16.7 Å². The molecule has 3 rings (SSSR count). The summed E-state index contributed by atoms with van der Waals surface area (Å²) in [5.74, 6) is 0.182. The van der Waals surface area contributed by atoms with Crippen LogP contribution in [-0.4, -0.2) is 45.3 Å². The number of benzene rings is 2. The summed E-state index contributed by atoms with van der Waals surface area (Å²) in [4.78, 5) is 0. The Labute approximate surface area is 151 Å². The molecule has 2 aromatic rings. The van der Waals surface area contributed by atoms with Crippen molar-refractivity contribution in [2.45, 2.75) is 37.3 Å². The van der Waals surface area contributed by atoms with Gasteiger partial charge in [0.15, 0.2) is 0 Å². The summed E-state index contributed by atoms with van der Waals surface area (Å²) in [6, 6.07) is 14.3. The van der Waals surface area contributed by atoms with E-state index in [1.54, 1.807) is 36.4 Å². The van der Waals surface area contributed by atoms with Crippen LogP contribution in [0.4, 0.5) is 0 Å². The number of hydrogen-bond donors (Lipinski definition) is 4. The van der Waals surface area contributed by atoms with Crippen molar-refractivity contribution < 1.29 is 25.2 Å². The summed E-state index contributed by atoms with van der Waals surface area (Å²) in [6.07, 6.45) is -2.70. The molecule has 136 valence electrons. The Morgan fingerprint density at radius 3 is 2.50 bits per heavy atom. The molecule has 0 aliphatic carbocycles. The van der Waals surface area contributed by atoms with Crippen molar-refractivity contribution in [3.05, 3.63) is 64.7 Å². The summed E-state index contributed by atoms with van der Waals surface area (Å²) in [5.41, 5.74) is 3.07. The van der Waals surface area contributed by atoms with Crippen LogP contribution in [0.3, 0.4) is 0 Å². The zero-order valence-electron chi connectivity index (χ0n) is 14.1. The molecule has 1 heterocycles. The highest BCUT2D eigenvalue weighted by atomic mass is 16.5. The summed E-state index contributed by atoms with van der Waals surface area (Å²) in [7, 11) is 0. The average molecular weight is 355 g/mol. The highest BCUT2D eigenvalue weighted by Gasteiger charge is 2.37. The maximum atomic E-state index is 10.0. The molecule has 1 fully saturated rings. The monoisotopic (exact) mass is 355 g/mol. The third-order valence-corrected chi connectivity index (χ3v) is 4.70. The van der Waals surface area contributed by atoms with Gasteiger partial charge in [0.1, 0.15) is 18.0 Å². The summed E-state index contributed by atoms with van der Waals surface area (Å²) in [5, 5.41) is 48.0. The normalized spacial score (nSPS) is 25.6. The van der Waals surface area contributed by atoms with Gasteiger partial charge in [-0.05, 0) is 41.3 Å². The summed E-state index contributed by atoms with van der Waals surface area (Å²) in [6.45, 7) is -0.384. The molecular formula is C20H21NO5. The van der Waals surface area contributed by atoms with Crippen molar-refractivity contribution in [3.8, 4) is 11.8 Å². The molecule has 1 saturated heterocycles. The maximum Gasteiger partial charge on any atom is 0.115 e. The second-order valence-electron chi connectivity index (χ2n) is 6.51. The first-order valence-electron chi connectivity index (χ1n) is 8.45. The third kappa shape index (κ3) is 3.87. The quantitative estimate of drug-likeness (QED) is 0.659. The minimum absolute atomic E-state index is 0.182. The number of phenolic OH excluding ortho intramolecular Hbond substituents is 1.